The molecular formula is C10H13ClN2O2S. The number of hydrogen-bond donors (Lipinski definition) is 1. The van der Waals surface area contributed by atoms with E-state index in [2.05, 4.69) is 4.72 Å². The van der Waals surface area contributed by atoms with Crippen molar-refractivity contribution in [3.05, 3.63) is 34.9 Å². The van der Waals surface area contributed by atoms with Gasteiger partial charge < -0.3 is 0 Å². The van der Waals surface area contributed by atoms with Crippen molar-refractivity contribution in [1.82, 2.24) is 9.03 Å². The van der Waals surface area contributed by atoms with E-state index in [0.717, 1.165) is 5.56 Å². The van der Waals surface area contributed by atoms with Crippen LogP contribution in [0.25, 0.3) is 0 Å². The lowest BCUT2D eigenvalue weighted by Gasteiger charge is -2.06. The van der Waals surface area contributed by atoms with Crippen LogP contribution in [0.5, 0.6) is 0 Å². The molecule has 88 valence electrons. The van der Waals surface area contributed by atoms with E-state index in [0.29, 0.717) is 31.1 Å². The first-order valence-corrected chi connectivity index (χ1v) is 6.89. The molecule has 1 fully saturated rings. The van der Waals surface area contributed by atoms with Crippen LogP contribution in [0.15, 0.2) is 24.3 Å². The molecule has 4 nitrogen and oxygen atoms in total. The Balaban J connectivity index is 1.81. The summed E-state index contributed by atoms with van der Waals surface area (Å²) in [6.07, 6.45) is 0.671. The van der Waals surface area contributed by atoms with Crippen molar-refractivity contribution in [2.24, 2.45) is 0 Å². The first kappa shape index (κ1) is 11.9. The number of hydrogen-bond acceptors (Lipinski definition) is 2. The lowest BCUT2D eigenvalue weighted by molar-refractivity contribution is 0.547. The molecule has 0 spiro atoms. The van der Waals surface area contributed by atoms with Crippen LogP contribution >= 0.6 is 11.6 Å². The van der Waals surface area contributed by atoms with E-state index < -0.39 is 10.2 Å². The molecule has 0 aromatic heterocycles. The summed E-state index contributed by atoms with van der Waals surface area (Å²) in [5.74, 6) is 0. The van der Waals surface area contributed by atoms with Gasteiger partial charge in [0.15, 0.2) is 0 Å². The number of nitrogens with zero attached hydrogens (tertiary/aromatic N) is 1. The molecule has 0 unspecified atom stereocenters. The summed E-state index contributed by atoms with van der Waals surface area (Å²) in [5.41, 5.74) is 1.07. The van der Waals surface area contributed by atoms with Crippen LogP contribution in [0.3, 0.4) is 0 Å². The monoisotopic (exact) mass is 260 g/mol. The molecule has 0 radical (unpaired) electrons. The van der Waals surface area contributed by atoms with Crippen LogP contribution in [-0.4, -0.2) is 32.4 Å². The normalized spacial score (nSPS) is 16.3. The fourth-order valence-corrected chi connectivity index (χ4v) is 2.58. The third kappa shape index (κ3) is 3.18. The van der Waals surface area contributed by atoms with Gasteiger partial charge in [-0.3, -0.25) is 0 Å². The van der Waals surface area contributed by atoms with Crippen molar-refractivity contribution in [3.63, 3.8) is 0 Å². The first-order valence-electron chi connectivity index (χ1n) is 5.07. The zero-order valence-electron chi connectivity index (χ0n) is 8.69. The standard InChI is InChI=1S/C10H13ClN2O2S/c11-10-3-1-9(2-4-10)5-6-12-16(14,15)13-7-8-13/h1-4,12H,5-8H2. The largest absolute Gasteiger partial charge is 0.279 e. The van der Waals surface area contributed by atoms with E-state index in [4.69, 9.17) is 11.6 Å². The van der Waals surface area contributed by atoms with E-state index in [-0.39, 0.29) is 0 Å². The van der Waals surface area contributed by atoms with E-state index in [9.17, 15) is 8.42 Å². The number of nitrogens with one attached hydrogen (secondary N) is 1. The van der Waals surface area contributed by atoms with E-state index >= 15 is 0 Å². The Bertz CT molecular complexity index is 454. The molecule has 16 heavy (non-hydrogen) atoms. The Morgan fingerprint density at radius 1 is 1.25 bits per heavy atom. The van der Waals surface area contributed by atoms with Gasteiger partial charge in [-0.15, -0.1) is 0 Å². The lowest BCUT2D eigenvalue weighted by Crippen LogP contribution is -2.31. The highest BCUT2D eigenvalue weighted by Crippen LogP contribution is 2.11. The molecule has 0 atom stereocenters. The van der Waals surface area contributed by atoms with Gasteiger partial charge in [0.1, 0.15) is 0 Å². The van der Waals surface area contributed by atoms with Crippen molar-refractivity contribution in [3.8, 4) is 0 Å². The maximum absolute atomic E-state index is 11.4. The molecule has 2 rings (SSSR count). The Hall–Kier alpha value is -0.620. The lowest BCUT2D eigenvalue weighted by atomic mass is 10.2. The average Bonchev–Trinajstić information content (AvgIpc) is 3.04. The van der Waals surface area contributed by atoms with Crippen LogP contribution < -0.4 is 4.72 Å². The summed E-state index contributed by atoms with van der Waals surface area (Å²) in [4.78, 5) is 0. The minimum absolute atomic E-state index is 0.417. The molecule has 1 aliphatic heterocycles. The Labute approximate surface area is 100 Å². The summed E-state index contributed by atoms with van der Waals surface area (Å²) in [7, 11) is -3.21. The number of benzene rings is 1. The highest BCUT2D eigenvalue weighted by molar-refractivity contribution is 7.87. The van der Waals surface area contributed by atoms with Crippen LogP contribution in [0.1, 0.15) is 5.56 Å². The maximum atomic E-state index is 11.4. The molecule has 1 saturated heterocycles. The minimum atomic E-state index is -3.21. The Kier molecular flexibility index (Phi) is 3.49. The molecule has 0 saturated carbocycles. The predicted molar refractivity (Wildman–Crippen MR) is 63.7 cm³/mol. The summed E-state index contributed by atoms with van der Waals surface area (Å²) in [6, 6.07) is 7.40. The Morgan fingerprint density at radius 2 is 1.88 bits per heavy atom. The van der Waals surface area contributed by atoms with E-state index in [1.54, 1.807) is 12.1 Å². The molecule has 0 amide bonds. The molecule has 1 aromatic rings. The van der Waals surface area contributed by atoms with Gasteiger partial charge in [-0.25, -0.2) is 4.72 Å². The summed E-state index contributed by atoms with van der Waals surface area (Å²) in [6.45, 7) is 1.69. The average molecular weight is 261 g/mol. The summed E-state index contributed by atoms with van der Waals surface area (Å²) >= 11 is 5.75. The second kappa shape index (κ2) is 4.71. The summed E-state index contributed by atoms with van der Waals surface area (Å²) in [5, 5.41) is 0.688. The minimum Gasteiger partial charge on any atom is -0.202 e. The number of rotatable bonds is 5. The topological polar surface area (TPSA) is 49.2 Å². The predicted octanol–water partition coefficient (Wildman–Crippen LogP) is 1.03. The van der Waals surface area contributed by atoms with Gasteiger partial charge in [-0.1, -0.05) is 23.7 Å². The molecule has 1 N–H and O–H groups in total. The molecule has 1 aromatic carbocycles. The molecule has 1 aliphatic rings. The van der Waals surface area contributed by atoms with Crippen LogP contribution in [0.4, 0.5) is 0 Å². The highest BCUT2D eigenvalue weighted by Gasteiger charge is 2.30. The Morgan fingerprint density at radius 3 is 2.44 bits per heavy atom. The zero-order valence-corrected chi connectivity index (χ0v) is 10.3. The quantitative estimate of drug-likeness (QED) is 0.804. The van der Waals surface area contributed by atoms with Crippen molar-refractivity contribution in [2.75, 3.05) is 19.6 Å². The second-order valence-electron chi connectivity index (χ2n) is 3.67. The molecular weight excluding hydrogens is 248 g/mol. The highest BCUT2D eigenvalue weighted by atomic mass is 35.5. The molecule has 0 aliphatic carbocycles. The van der Waals surface area contributed by atoms with E-state index in [1.165, 1.54) is 4.31 Å². The smallest absolute Gasteiger partial charge is 0.202 e. The van der Waals surface area contributed by atoms with Crippen molar-refractivity contribution >= 4 is 21.8 Å². The van der Waals surface area contributed by atoms with Gasteiger partial charge in [0.05, 0.1) is 0 Å². The molecule has 1 heterocycles. The van der Waals surface area contributed by atoms with E-state index in [1.807, 2.05) is 12.1 Å². The van der Waals surface area contributed by atoms with Gasteiger partial charge in [-0.05, 0) is 24.1 Å². The fourth-order valence-electron chi connectivity index (χ4n) is 1.35. The third-order valence-corrected chi connectivity index (χ3v) is 4.22. The van der Waals surface area contributed by atoms with Crippen molar-refractivity contribution < 1.29 is 8.42 Å². The SMILES string of the molecule is O=S(=O)(NCCc1ccc(Cl)cc1)N1CC1. The van der Waals surface area contributed by atoms with Crippen LogP contribution in [0, 0.1) is 0 Å². The zero-order chi connectivity index (χ0) is 11.6. The second-order valence-corrected chi connectivity index (χ2v) is 5.87. The first-order chi connectivity index (χ1) is 7.58. The molecule has 6 heteroatoms. The van der Waals surface area contributed by atoms with Gasteiger partial charge >= 0.3 is 0 Å². The fraction of sp³-hybridized carbons (Fsp3) is 0.400. The van der Waals surface area contributed by atoms with Crippen LogP contribution in [-0.2, 0) is 16.6 Å². The number of halogens is 1. The van der Waals surface area contributed by atoms with Crippen LogP contribution in [0.2, 0.25) is 5.02 Å². The van der Waals surface area contributed by atoms with Crippen molar-refractivity contribution in [1.29, 1.82) is 0 Å². The van der Waals surface area contributed by atoms with Crippen molar-refractivity contribution in [2.45, 2.75) is 6.42 Å². The van der Waals surface area contributed by atoms with Gasteiger partial charge in [0.2, 0.25) is 0 Å². The summed E-state index contributed by atoms with van der Waals surface area (Å²) < 4.78 is 26.8. The van der Waals surface area contributed by atoms with Gasteiger partial charge in [0, 0.05) is 24.7 Å². The third-order valence-electron chi connectivity index (χ3n) is 2.36. The van der Waals surface area contributed by atoms with Gasteiger partial charge in [0.25, 0.3) is 10.2 Å². The van der Waals surface area contributed by atoms with Gasteiger partial charge in [-0.2, -0.15) is 12.7 Å². The maximum Gasteiger partial charge on any atom is 0.279 e. The molecule has 0 bridgehead atoms.